The first-order valence-corrected chi connectivity index (χ1v) is 5.70. The van der Waals surface area contributed by atoms with Crippen LogP contribution in [0.15, 0.2) is 0 Å². The van der Waals surface area contributed by atoms with Gasteiger partial charge in [-0.2, -0.15) is 0 Å². The first kappa shape index (κ1) is 10.1. The molecule has 2 nitrogen and oxygen atoms in total. The average molecular weight is 212 g/mol. The van der Waals surface area contributed by atoms with Crippen LogP contribution in [-0.2, 0) is 9.53 Å². The molecule has 2 saturated carbocycles. The normalized spacial score (nSPS) is 36.6. The number of esters is 1. The van der Waals surface area contributed by atoms with Crippen LogP contribution in [0.2, 0.25) is 0 Å². The van der Waals surface area contributed by atoms with Crippen LogP contribution in [-0.4, -0.2) is 17.9 Å². The van der Waals surface area contributed by atoms with E-state index in [-0.39, 0.29) is 17.3 Å². The first-order chi connectivity index (χ1) is 6.68. The van der Waals surface area contributed by atoms with Crippen molar-refractivity contribution in [3.05, 3.63) is 0 Å². The average Bonchev–Trinajstić information content (AvgIpc) is 2.76. The zero-order valence-corrected chi connectivity index (χ0v) is 9.36. The van der Waals surface area contributed by atoms with Gasteiger partial charge in [0.1, 0.15) is 0 Å². The maximum atomic E-state index is 11.4. The minimum Gasteiger partial charge on any atom is -0.469 e. The Morgan fingerprint density at radius 1 is 1.57 bits per heavy atom. The summed E-state index contributed by atoms with van der Waals surface area (Å²) in [7, 11) is 1.47. The number of rotatable bonds is 1. The summed E-state index contributed by atoms with van der Waals surface area (Å²) in [6.45, 7) is 0. The highest BCUT2D eigenvalue weighted by atomic mass is 32.1. The lowest BCUT2D eigenvalue weighted by molar-refractivity contribution is -0.145. The Morgan fingerprint density at radius 3 is 2.93 bits per heavy atom. The summed E-state index contributed by atoms with van der Waals surface area (Å²) in [6.07, 6.45) is 6.51. The van der Waals surface area contributed by atoms with Gasteiger partial charge in [-0.15, -0.1) is 0 Å². The third kappa shape index (κ3) is 1.48. The lowest BCUT2D eigenvalue weighted by Gasteiger charge is -2.22. The first-order valence-electron chi connectivity index (χ1n) is 5.29. The van der Waals surface area contributed by atoms with Gasteiger partial charge in [0, 0.05) is 5.41 Å². The molecule has 0 saturated heterocycles. The molecule has 0 aromatic heterocycles. The SMILES string of the molecule is COC(=O)C1CCC2(CCCC2=S)C1. The monoisotopic (exact) mass is 212 g/mol. The summed E-state index contributed by atoms with van der Waals surface area (Å²) >= 11 is 5.41. The lowest BCUT2D eigenvalue weighted by atomic mass is 9.83. The topological polar surface area (TPSA) is 26.3 Å². The summed E-state index contributed by atoms with van der Waals surface area (Å²) < 4.78 is 4.79. The molecule has 0 amide bonds. The molecular formula is C11H16O2S. The number of hydrogen-bond donors (Lipinski definition) is 0. The molecule has 14 heavy (non-hydrogen) atoms. The summed E-state index contributed by atoms with van der Waals surface area (Å²) in [5.74, 6) is 0.0626. The Hall–Kier alpha value is -0.440. The summed E-state index contributed by atoms with van der Waals surface area (Å²) in [5, 5.41) is 0. The van der Waals surface area contributed by atoms with E-state index in [0.717, 1.165) is 25.7 Å². The fourth-order valence-electron chi connectivity index (χ4n) is 2.97. The van der Waals surface area contributed by atoms with Crippen molar-refractivity contribution >= 4 is 23.1 Å². The third-order valence-corrected chi connectivity index (χ3v) is 4.43. The van der Waals surface area contributed by atoms with Crippen molar-refractivity contribution in [2.45, 2.75) is 38.5 Å². The van der Waals surface area contributed by atoms with Crippen LogP contribution in [0, 0.1) is 11.3 Å². The number of methoxy groups -OCH3 is 1. The molecule has 2 unspecified atom stereocenters. The van der Waals surface area contributed by atoms with E-state index >= 15 is 0 Å². The van der Waals surface area contributed by atoms with Gasteiger partial charge in [-0.05, 0) is 43.4 Å². The number of ether oxygens (including phenoxy) is 1. The highest BCUT2D eigenvalue weighted by molar-refractivity contribution is 7.80. The smallest absolute Gasteiger partial charge is 0.308 e. The molecule has 2 aliphatic carbocycles. The van der Waals surface area contributed by atoms with Crippen LogP contribution in [0.25, 0.3) is 0 Å². The molecule has 3 heteroatoms. The molecule has 0 aromatic rings. The second-order valence-corrected chi connectivity index (χ2v) is 5.01. The van der Waals surface area contributed by atoms with Crippen molar-refractivity contribution < 1.29 is 9.53 Å². The van der Waals surface area contributed by atoms with E-state index < -0.39 is 0 Å². The van der Waals surface area contributed by atoms with Crippen LogP contribution in [0.3, 0.4) is 0 Å². The Labute approximate surface area is 90.0 Å². The minimum absolute atomic E-state index is 0.0448. The molecule has 2 fully saturated rings. The Morgan fingerprint density at radius 2 is 2.36 bits per heavy atom. The standard InChI is InChI=1S/C11H16O2S/c1-13-10(12)8-4-6-11(7-8)5-2-3-9(11)14/h8H,2-7H2,1H3. The fourth-order valence-corrected chi connectivity index (χ4v) is 3.40. The van der Waals surface area contributed by atoms with Crippen LogP contribution in [0.5, 0.6) is 0 Å². The van der Waals surface area contributed by atoms with Crippen LogP contribution < -0.4 is 0 Å². The highest BCUT2D eigenvalue weighted by Gasteiger charge is 2.46. The van der Waals surface area contributed by atoms with Crippen molar-refractivity contribution in [3.8, 4) is 0 Å². The predicted molar refractivity (Wildman–Crippen MR) is 58.2 cm³/mol. The van der Waals surface area contributed by atoms with Gasteiger partial charge < -0.3 is 4.74 Å². The highest BCUT2D eigenvalue weighted by Crippen LogP contribution is 2.51. The molecule has 78 valence electrons. The van der Waals surface area contributed by atoms with Crippen LogP contribution in [0.4, 0.5) is 0 Å². The molecule has 0 heterocycles. The van der Waals surface area contributed by atoms with E-state index in [1.54, 1.807) is 0 Å². The number of hydrogen-bond acceptors (Lipinski definition) is 3. The van der Waals surface area contributed by atoms with E-state index in [4.69, 9.17) is 17.0 Å². The van der Waals surface area contributed by atoms with Crippen molar-refractivity contribution in [1.82, 2.24) is 0 Å². The minimum atomic E-state index is -0.0448. The predicted octanol–water partition coefficient (Wildman–Crippen LogP) is 2.50. The summed E-state index contributed by atoms with van der Waals surface area (Å²) in [4.78, 5) is 12.6. The van der Waals surface area contributed by atoms with Gasteiger partial charge in [-0.3, -0.25) is 4.79 Å². The van der Waals surface area contributed by atoms with Gasteiger partial charge in [0.15, 0.2) is 0 Å². The van der Waals surface area contributed by atoms with Gasteiger partial charge in [0.25, 0.3) is 0 Å². The van der Waals surface area contributed by atoms with E-state index in [1.807, 2.05) is 0 Å². The van der Waals surface area contributed by atoms with Crippen molar-refractivity contribution in [3.63, 3.8) is 0 Å². The van der Waals surface area contributed by atoms with Crippen molar-refractivity contribution in [1.29, 1.82) is 0 Å². The second kappa shape index (κ2) is 3.61. The van der Waals surface area contributed by atoms with Gasteiger partial charge in [-0.1, -0.05) is 12.2 Å². The third-order valence-electron chi connectivity index (χ3n) is 3.79. The summed E-state index contributed by atoms with van der Waals surface area (Å²) in [6, 6.07) is 0. The zero-order valence-electron chi connectivity index (χ0n) is 8.54. The Balaban J connectivity index is 2.06. The molecule has 2 aliphatic rings. The molecule has 0 bridgehead atoms. The molecule has 2 atom stereocenters. The molecule has 0 radical (unpaired) electrons. The zero-order chi connectivity index (χ0) is 10.2. The largest absolute Gasteiger partial charge is 0.469 e. The number of carbonyl (C=O) groups excluding carboxylic acids is 1. The quantitative estimate of drug-likeness (QED) is 0.493. The van der Waals surface area contributed by atoms with Gasteiger partial charge >= 0.3 is 5.97 Å². The van der Waals surface area contributed by atoms with E-state index in [0.29, 0.717) is 0 Å². The Bertz CT molecular complexity index is 274. The molecule has 2 rings (SSSR count). The number of carbonyl (C=O) groups is 1. The lowest BCUT2D eigenvalue weighted by Crippen LogP contribution is -2.22. The van der Waals surface area contributed by atoms with Crippen LogP contribution in [0.1, 0.15) is 38.5 Å². The molecule has 0 N–H and O–H groups in total. The second-order valence-electron chi connectivity index (χ2n) is 4.52. The van der Waals surface area contributed by atoms with E-state index in [2.05, 4.69) is 0 Å². The molecule has 0 aromatic carbocycles. The maximum Gasteiger partial charge on any atom is 0.308 e. The van der Waals surface area contributed by atoms with Crippen LogP contribution >= 0.6 is 12.2 Å². The van der Waals surface area contributed by atoms with Gasteiger partial charge in [0.05, 0.1) is 13.0 Å². The van der Waals surface area contributed by atoms with E-state index in [9.17, 15) is 4.79 Å². The molecular weight excluding hydrogens is 196 g/mol. The molecule has 1 spiro atoms. The van der Waals surface area contributed by atoms with Crippen molar-refractivity contribution in [2.75, 3.05) is 7.11 Å². The van der Waals surface area contributed by atoms with E-state index in [1.165, 1.54) is 24.8 Å². The summed E-state index contributed by atoms with van der Waals surface area (Å²) in [5.41, 5.74) is 0.230. The van der Waals surface area contributed by atoms with Gasteiger partial charge in [0.2, 0.25) is 0 Å². The van der Waals surface area contributed by atoms with Crippen molar-refractivity contribution in [2.24, 2.45) is 11.3 Å². The Kier molecular flexibility index (Phi) is 2.60. The maximum absolute atomic E-state index is 11.4. The number of thiocarbonyl (C=S) groups is 1. The fraction of sp³-hybridized carbons (Fsp3) is 0.818. The van der Waals surface area contributed by atoms with Gasteiger partial charge in [-0.25, -0.2) is 0 Å². The molecule has 0 aliphatic heterocycles.